The number of allylic oxidation sites excluding steroid dienone is 2. The van der Waals surface area contributed by atoms with E-state index in [1.165, 1.54) is 16.7 Å². The molecule has 1 atom stereocenters. The van der Waals surface area contributed by atoms with Crippen LogP contribution >= 0.6 is 0 Å². The first-order valence-corrected chi connectivity index (χ1v) is 14.1. The summed E-state index contributed by atoms with van der Waals surface area (Å²) in [6.07, 6.45) is 5.80. The van der Waals surface area contributed by atoms with Gasteiger partial charge in [-0.1, -0.05) is 30.3 Å². The average Bonchev–Trinajstić information content (AvgIpc) is 3.57. The number of anilines is 1. The number of halogens is 1. The number of aromatic nitrogens is 3. The highest BCUT2D eigenvalue weighted by Gasteiger charge is 2.29. The van der Waals surface area contributed by atoms with E-state index in [1.54, 1.807) is 22.7 Å². The monoisotopic (exact) mass is 538 g/mol. The van der Waals surface area contributed by atoms with Crippen LogP contribution in [0.4, 0.5) is 10.1 Å². The lowest BCUT2D eigenvalue weighted by Crippen LogP contribution is -2.27. The smallest absolute Gasteiger partial charge is 0.270 e. The van der Waals surface area contributed by atoms with Gasteiger partial charge >= 0.3 is 0 Å². The highest BCUT2D eigenvalue weighted by molar-refractivity contribution is 5.93. The highest BCUT2D eigenvalue weighted by Crippen LogP contribution is 2.40. The van der Waals surface area contributed by atoms with Crippen molar-refractivity contribution in [3.8, 4) is 11.3 Å². The number of nitrogens with zero attached hydrogens (tertiary/aromatic N) is 4. The van der Waals surface area contributed by atoms with E-state index in [0.717, 1.165) is 50.2 Å². The summed E-state index contributed by atoms with van der Waals surface area (Å²) in [4.78, 5) is 19.9. The zero-order valence-corrected chi connectivity index (χ0v) is 23.0. The lowest BCUT2D eigenvalue weighted by Gasteiger charge is -2.18. The summed E-state index contributed by atoms with van der Waals surface area (Å²) in [7, 11) is 0. The van der Waals surface area contributed by atoms with E-state index in [2.05, 4.69) is 40.3 Å². The van der Waals surface area contributed by atoms with Gasteiger partial charge in [-0.3, -0.25) is 4.79 Å². The molecule has 2 aromatic carbocycles. The fraction of sp³-hybridized carbons (Fsp3) is 0.344. The summed E-state index contributed by atoms with van der Waals surface area (Å²) < 4.78 is 17.0. The number of fused-ring (bicyclic) bond motifs is 1. The van der Waals surface area contributed by atoms with Gasteiger partial charge in [0.05, 0.1) is 5.69 Å². The maximum absolute atomic E-state index is 15.3. The van der Waals surface area contributed by atoms with Crippen LogP contribution in [0.2, 0.25) is 0 Å². The third-order valence-electron chi connectivity index (χ3n) is 8.06. The van der Waals surface area contributed by atoms with E-state index in [-0.39, 0.29) is 17.8 Å². The summed E-state index contributed by atoms with van der Waals surface area (Å²) >= 11 is 0. The minimum atomic E-state index is -0.333. The van der Waals surface area contributed by atoms with Crippen molar-refractivity contribution in [2.75, 3.05) is 24.5 Å². The molecule has 3 heterocycles. The third kappa shape index (κ3) is 5.23. The minimum absolute atomic E-state index is 0.123. The van der Waals surface area contributed by atoms with Crippen molar-refractivity contribution in [2.45, 2.75) is 51.5 Å². The van der Waals surface area contributed by atoms with Crippen molar-refractivity contribution < 1.29 is 9.18 Å². The van der Waals surface area contributed by atoms with Crippen LogP contribution in [0, 0.1) is 5.82 Å². The summed E-state index contributed by atoms with van der Waals surface area (Å²) in [5.41, 5.74) is 13.2. The van der Waals surface area contributed by atoms with Gasteiger partial charge in [0.2, 0.25) is 0 Å². The van der Waals surface area contributed by atoms with Crippen molar-refractivity contribution in [1.82, 2.24) is 19.9 Å². The molecule has 0 bridgehead atoms. The van der Waals surface area contributed by atoms with Gasteiger partial charge in [-0.25, -0.2) is 13.9 Å². The van der Waals surface area contributed by atoms with Gasteiger partial charge in [-0.15, -0.1) is 0 Å². The number of carbonyl (C=O) groups is 1. The maximum Gasteiger partial charge on any atom is 0.270 e. The Labute approximate surface area is 233 Å². The quantitative estimate of drug-likeness (QED) is 0.316. The first-order chi connectivity index (χ1) is 19.4. The summed E-state index contributed by atoms with van der Waals surface area (Å²) in [5.74, 6) is -0.223. The zero-order valence-electron chi connectivity index (χ0n) is 23.0. The van der Waals surface area contributed by atoms with Gasteiger partial charge in [0.15, 0.2) is 5.65 Å². The SMILES string of the molecule is C/C=C(/C)c1ccccc1CCNC(=O)c1cc(C2CC2)n2nc(-c3ccc(N4CC[C@@H](N)C4)cc3F)cc2n1. The number of benzene rings is 2. The van der Waals surface area contributed by atoms with Crippen LogP contribution in [0.5, 0.6) is 0 Å². The first-order valence-electron chi connectivity index (χ1n) is 14.1. The first kappa shape index (κ1) is 26.2. The molecule has 2 aliphatic rings. The molecule has 1 saturated heterocycles. The third-order valence-corrected chi connectivity index (χ3v) is 8.06. The number of hydrogen-bond donors (Lipinski definition) is 2. The second kappa shape index (κ2) is 10.8. The molecule has 206 valence electrons. The molecular weight excluding hydrogens is 503 g/mol. The van der Waals surface area contributed by atoms with E-state index in [4.69, 9.17) is 10.8 Å². The predicted molar refractivity (Wildman–Crippen MR) is 157 cm³/mol. The second-order valence-corrected chi connectivity index (χ2v) is 10.9. The predicted octanol–water partition coefficient (Wildman–Crippen LogP) is 5.35. The van der Waals surface area contributed by atoms with Crippen LogP contribution in [0.3, 0.4) is 0 Å². The van der Waals surface area contributed by atoms with E-state index < -0.39 is 0 Å². The Bertz CT molecular complexity index is 1600. The van der Waals surface area contributed by atoms with E-state index in [0.29, 0.717) is 35.1 Å². The Morgan fingerprint density at radius 2 is 1.98 bits per heavy atom. The van der Waals surface area contributed by atoms with Crippen molar-refractivity contribution >= 4 is 22.8 Å². The molecule has 0 spiro atoms. The number of rotatable bonds is 8. The number of carbonyl (C=O) groups excluding carboxylic acids is 1. The summed E-state index contributed by atoms with van der Waals surface area (Å²) in [5, 5.41) is 7.77. The van der Waals surface area contributed by atoms with E-state index in [9.17, 15) is 4.79 Å². The molecule has 6 rings (SSSR count). The van der Waals surface area contributed by atoms with Gasteiger partial charge in [-0.05, 0) is 80.5 Å². The minimum Gasteiger partial charge on any atom is -0.370 e. The summed E-state index contributed by atoms with van der Waals surface area (Å²) in [6, 6.07) is 17.2. The van der Waals surface area contributed by atoms with E-state index >= 15 is 4.39 Å². The normalized spacial score (nSPS) is 17.6. The molecule has 40 heavy (non-hydrogen) atoms. The molecule has 4 aromatic rings. The molecule has 0 radical (unpaired) electrons. The fourth-order valence-electron chi connectivity index (χ4n) is 5.53. The Morgan fingerprint density at radius 3 is 2.70 bits per heavy atom. The van der Waals surface area contributed by atoms with Gasteiger partial charge in [-0.2, -0.15) is 5.10 Å². The van der Waals surface area contributed by atoms with Crippen LogP contribution < -0.4 is 16.0 Å². The Kier molecular flexibility index (Phi) is 7.11. The lowest BCUT2D eigenvalue weighted by molar-refractivity contribution is 0.0949. The molecule has 1 saturated carbocycles. The molecule has 7 nitrogen and oxygen atoms in total. The molecule has 3 N–H and O–H groups in total. The van der Waals surface area contributed by atoms with Crippen LogP contribution in [0.15, 0.2) is 60.7 Å². The zero-order chi connectivity index (χ0) is 27.8. The van der Waals surface area contributed by atoms with Crippen LogP contribution in [0.25, 0.3) is 22.5 Å². The topological polar surface area (TPSA) is 88.6 Å². The standard InChI is InChI=1S/C32H35FN6O/c1-3-20(2)25-7-5-4-6-21(25)12-14-35-32(40)29-17-30(22-8-9-22)39-31(36-29)18-28(37-39)26-11-10-24(16-27(26)33)38-15-13-23(34)19-38/h3-7,10-11,16-18,22-23H,8-9,12-15,19,34H2,1-2H3,(H,35,40)/b20-3-/t23-/m1/s1. The Morgan fingerprint density at radius 1 is 1.15 bits per heavy atom. The molecule has 1 aliphatic carbocycles. The molecule has 2 fully saturated rings. The maximum atomic E-state index is 15.3. The molecule has 8 heteroatoms. The average molecular weight is 539 g/mol. The van der Waals surface area contributed by atoms with Gasteiger partial charge in [0.1, 0.15) is 11.5 Å². The van der Waals surface area contributed by atoms with Gasteiger partial charge in [0.25, 0.3) is 5.91 Å². The summed E-state index contributed by atoms with van der Waals surface area (Å²) in [6.45, 7) is 6.19. The van der Waals surface area contributed by atoms with Gasteiger partial charge < -0.3 is 16.0 Å². The number of amides is 1. The van der Waals surface area contributed by atoms with Crippen LogP contribution in [-0.2, 0) is 6.42 Å². The van der Waals surface area contributed by atoms with E-state index in [1.807, 2.05) is 31.2 Å². The Balaban J connectivity index is 1.23. The fourth-order valence-corrected chi connectivity index (χ4v) is 5.53. The second-order valence-electron chi connectivity index (χ2n) is 10.9. The molecular formula is C32H35FN6O. The molecule has 1 aliphatic heterocycles. The number of hydrogen-bond acceptors (Lipinski definition) is 5. The van der Waals surface area contributed by atoms with Crippen molar-refractivity contribution in [1.29, 1.82) is 0 Å². The van der Waals surface area contributed by atoms with Crippen molar-refractivity contribution in [3.05, 3.63) is 89.0 Å². The van der Waals surface area contributed by atoms with Crippen molar-refractivity contribution in [2.24, 2.45) is 5.73 Å². The van der Waals surface area contributed by atoms with Crippen LogP contribution in [-0.4, -0.2) is 46.2 Å². The highest BCUT2D eigenvalue weighted by atomic mass is 19.1. The largest absolute Gasteiger partial charge is 0.370 e. The van der Waals surface area contributed by atoms with Crippen LogP contribution in [0.1, 0.15) is 66.3 Å². The lowest BCUT2D eigenvalue weighted by atomic mass is 9.98. The number of nitrogens with one attached hydrogen (secondary N) is 1. The number of nitrogens with two attached hydrogens (primary N) is 1. The van der Waals surface area contributed by atoms with Gasteiger partial charge in [0, 0.05) is 54.6 Å². The van der Waals surface area contributed by atoms with Crippen molar-refractivity contribution in [3.63, 3.8) is 0 Å². The molecule has 2 aromatic heterocycles. The Hall–Kier alpha value is -4.04. The molecule has 1 amide bonds. The molecule has 0 unspecified atom stereocenters.